The highest BCUT2D eigenvalue weighted by molar-refractivity contribution is 7.89. The molecule has 0 bridgehead atoms. The summed E-state index contributed by atoms with van der Waals surface area (Å²) in [6, 6.07) is 4.56. The lowest BCUT2D eigenvalue weighted by atomic mass is 10.2. The minimum atomic E-state index is -3.47. The maximum Gasteiger partial charge on any atom is 0.240 e. The third-order valence-corrected chi connectivity index (χ3v) is 3.98. The SMILES string of the molecule is CNS(=O)(=O)c1ccc(NC(C)CCO)c(N)c1. The Labute approximate surface area is 107 Å². The van der Waals surface area contributed by atoms with E-state index in [1.165, 1.54) is 19.2 Å². The highest BCUT2D eigenvalue weighted by Gasteiger charge is 2.13. The van der Waals surface area contributed by atoms with Crippen molar-refractivity contribution in [1.29, 1.82) is 0 Å². The second-order valence-corrected chi connectivity index (χ2v) is 5.90. The summed E-state index contributed by atoms with van der Waals surface area (Å²) >= 11 is 0. The molecule has 0 amide bonds. The normalized spacial score (nSPS) is 13.3. The summed E-state index contributed by atoms with van der Waals surface area (Å²) in [5.41, 5.74) is 6.82. The molecule has 102 valence electrons. The number of benzene rings is 1. The van der Waals surface area contributed by atoms with Crippen LogP contribution in [0.2, 0.25) is 0 Å². The van der Waals surface area contributed by atoms with E-state index in [0.29, 0.717) is 17.8 Å². The number of anilines is 2. The first-order valence-electron chi connectivity index (χ1n) is 5.61. The van der Waals surface area contributed by atoms with E-state index in [-0.39, 0.29) is 17.5 Å². The summed E-state index contributed by atoms with van der Waals surface area (Å²) in [5, 5.41) is 11.9. The number of nitrogen functional groups attached to an aromatic ring is 1. The topological polar surface area (TPSA) is 104 Å². The van der Waals surface area contributed by atoms with E-state index in [2.05, 4.69) is 10.0 Å². The fraction of sp³-hybridized carbons (Fsp3) is 0.455. The monoisotopic (exact) mass is 273 g/mol. The largest absolute Gasteiger partial charge is 0.397 e. The summed E-state index contributed by atoms with van der Waals surface area (Å²) in [5.74, 6) is 0. The molecule has 6 nitrogen and oxygen atoms in total. The molecule has 1 aromatic rings. The van der Waals surface area contributed by atoms with Crippen LogP contribution in [0.3, 0.4) is 0 Å². The summed E-state index contributed by atoms with van der Waals surface area (Å²) < 4.78 is 25.4. The average molecular weight is 273 g/mol. The lowest BCUT2D eigenvalue weighted by molar-refractivity contribution is 0.282. The molecule has 0 heterocycles. The van der Waals surface area contributed by atoms with E-state index in [0.717, 1.165) is 0 Å². The minimum absolute atomic E-state index is 0.0593. The highest BCUT2D eigenvalue weighted by Crippen LogP contribution is 2.23. The fourth-order valence-corrected chi connectivity index (χ4v) is 2.25. The molecule has 1 aromatic carbocycles. The average Bonchev–Trinajstić information content (AvgIpc) is 2.32. The van der Waals surface area contributed by atoms with Gasteiger partial charge in [-0.3, -0.25) is 0 Å². The molecule has 0 saturated carbocycles. The molecule has 0 aromatic heterocycles. The Morgan fingerprint density at radius 2 is 2.11 bits per heavy atom. The first kappa shape index (κ1) is 14.7. The molecule has 0 radical (unpaired) electrons. The molecular formula is C11H19N3O3S. The second kappa shape index (κ2) is 6.03. The number of aliphatic hydroxyl groups excluding tert-OH is 1. The van der Waals surface area contributed by atoms with E-state index in [4.69, 9.17) is 10.8 Å². The van der Waals surface area contributed by atoms with Crippen molar-refractivity contribution in [3.8, 4) is 0 Å². The molecule has 18 heavy (non-hydrogen) atoms. The minimum Gasteiger partial charge on any atom is -0.397 e. The van der Waals surface area contributed by atoms with Crippen molar-refractivity contribution >= 4 is 21.4 Å². The lowest BCUT2D eigenvalue weighted by Crippen LogP contribution is -2.20. The molecule has 1 unspecified atom stereocenters. The quantitative estimate of drug-likeness (QED) is 0.560. The lowest BCUT2D eigenvalue weighted by Gasteiger charge is -2.16. The Morgan fingerprint density at radius 1 is 1.44 bits per heavy atom. The summed E-state index contributed by atoms with van der Waals surface area (Å²) in [7, 11) is -2.13. The second-order valence-electron chi connectivity index (χ2n) is 4.01. The zero-order valence-corrected chi connectivity index (χ0v) is 11.3. The van der Waals surface area contributed by atoms with Gasteiger partial charge in [0.2, 0.25) is 10.0 Å². The van der Waals surface area contributed by atoms with Gasteiger partial charge in [-0.25, -0.2) is 13.1 Å². The maximum atomic E-state index is 11.6. The van der Waals surface area contributed by atoms with Gasteiger partial charge in [0.15, 0.2) is 0 Å². The predicted octanol–water partition coefficient (Wildman–Crippen LogP) is 0.360. The maximum absolute atomic E-state index is 11.6. The molecule has 0 saturated heterocycles. The van der Waals surface area contributed by atoms with Crippen molar-refractivity contribution in [2.24, 2.45) is 0 Å². The van der Waals surface area contributed by atoms with Crippen LogP contribution in [0.4, 0.5) is 11.4 Å². The molecule has 0 fully saturated rings. The van der Waals surface area contributed by atoms with Gasteiger partial charge in [0, 0.05) is 12.6 Å². The van der Waals surface area contributed by atoms with E-state index in [1.54, 1.807) is 6.07 Å². The molecule has 0 aliphatic rings. The Bertz CT molecular complexity index is 502. The van der Waals surface area contributed by atoms with Gasteiger partial charge in [-0.05, 0) is 38.6 Å². The van der Waals surface area contributed by atoms with Gasteiger partial charge in [0.05, 0.1) is 16.3 Å². The van der Waals surface area contributed by atoms with Crippen molar-refractivity contribution in [3.05, 3.63) is 18.2 Å². The number of aliphatic hydroxyl groups is 1. The summed E-state index contributed by atoms with van der Waals surface area (Å²) in [4.78, 5) is 0.128. The van der Waals surface area contributed by atoms with Gasteiger partial charge in [-0.15, -0.1) is 0 Å². The number of hydrogen-bond donors (Lipinski definition) is 4. The van der Waals surface area contributed by atoms with Crippen LogP contribution in [0, 0.1) is 0 Å². The molecule has 1 atom stereocenters. The first-order valence-corrected chi connectivity index (χ1v) is 7.09. The molecule has 1 rings (SSSR count). The van der Waals surface area contributed by atoms with Gasteiger partial charge < -0.3 is 16.2 Å². The van der Waals surface area contributed by atoms with Crippen LogP contribution in [-0.4, -0.2) is 33.2 Å². The predicted molar refractivity (Wildman–Crippen MR) is 71.9 cm³/mol. The van der Waals surface area contributed by atoms with Gasteiger partial charge in [0.25, 0.3) is 0 Å². The Hall–Kier alpha value is -1.31. The highest BCUT2D eigenvalue weighted by atomic mass is 32.2. The van der Waals surface area contributed by atoms with Crippen LogP contribution < -0.4 is 15.8 Å². The number of sulfonamides is 1. The zero-order valence-electron chi connectivity index (χ0n) is 10.5. The van der Waals surface area contributed by atoms with Crippen molar-refractivity contribution < 1.29 is 13.5 Å². The van der Waals surface area contributed by atoms with Crippen LogP contribution >= 0.6 is 0 Å². The fourth-order valence-electron chi connectivity index (χ4n) is 1.49. The van der Waals surface area contributed by atoms with Gasteiger partial charge in [-0.2, -0.15) is 0 Å². The molecular weight excluding hydrogens is 254 g/mol. The van der Waals surface area contributed by atoms with Gasteiger partial charge >= 0.3 is 0 Å². The van der Waals surface area contributed by atoms with E-state index in [1.807, 2.05) is 6.92 Å². The molecule has 0 aliphatic heterocycles. The molecule has 7 heteroatoms. The standard InChI is InChI=1S/C11H19N3O3S/c1-8(5-6-15)14-11-4-3-9(7-10(11)12)18(16,17)13-2/h3-4,7-8,13-15H,5-6,12H2,1-2H3. The van der Waals surface area contributed by atoms with Crippen LogP contribution in [0.15, 0.2) is 23.1 Å². The van der Waals surface area contributed by atoms with E-state index >= 15 is 0 Å². The van der Waals surface area contributed by atoms with E-state index in [9.17, 15) is 8.42 Å². The number of nitrogens with one attached hydrogen (secondary N) is 2. The zero-order chi connectivity index (χ0) is 13.8. The molecule has 5 N–H and O–H groups in total. The van der Waals surface area contributed by atoms with E-state index < -0.39 is 10.0 Å². The van der Waals surface area contributed by atoms with Crippen molar-refractivity contribution in [1.82, 2.24) is 4.72 Å². The summed E-state index contributed by atoms with van der Waals surface area (Å²) in [6.07, 6.45) is 0.593. The van der Waals surface area contributed by atoms with Crippen LogP contribution in [0.25, 0.3) is 0 Å². The van der Waals surface area contributed by atoms with Crippen molar-refractivity contribution in [2.45, 2.75) is 24.3 Å². The Morgan fingerprint density at radius 3 is 2.61 bits per heavy atom. The Balaban J connectivity index is 2.93. The van der Waals surface area contributed by atoms with Crippen LogP contribution in [0.5, 0.6) is 0 Å². The third-order valence-electron chi connectivity index (χ3n) is 2.57. The number of hydrogen-bond acceptors (Lipinski definition) is 5. The smallest absolute Gasteiger partial charge is 0.240 e. The van der Waals surface area contributed by atoms with Crippen LogP contribution in [-0.2, 0) is 10.0 Å². The first-order chi connectivity index (χ1) is 8.40. The summed E-state index contributed by atoms with van der Waals surface area (Å²) in [6.45, 7) is 1.99. The Kier molecular flexibility index (Phi) is 4.94. The molecule has 0 spiro atoms. The number of nitrogens with two attached hydrogens (primary N) is 1. The van der Waals surface area contributed by atoms with Crippen molar-refractivity contribution in [2.75, 3.05) is 24.7 Å². The number of rotatable bonds is 6. The third kappa shape index (κ3) is 3.59. The molecule has 0 aliphatic carbocycles. The van der Waals surface area contributed by atoms with Crippen LogP contribution in [0.1, 0.15) is 13.3 Å². The van der Waals surface area contributed by atoms with Crippen molar-refractivity contribution in [3.63, 3.8) is 0 Å². The van der Waals surface area contributed by atoms with Gasteiger partial charge in [-0.1, -0.05) is 0 Å². The van der Waals surface area contributed by atoms with Gasteiger partial charge in [0.1, 0.15) is 0 Å².